The number of phenolic OH excluding ortho intramolecular Hbond substituents is 1. The molecule has 0 radical (unpaired) electrons. The molecule has 2 heterocycles. The first-order chi connectivity index (χ1) is 10.2. The van der Waals surface area contributed by atoms with Crippen molar-refractivity contribution in [3.8, 4) is 5.75 Å². The lowest BCUT2D eigenvalue weighted by Gasteiger charge is -2.08. The number of rotatable bonds is 5. The molecule has 0 bridgehead atoms. The summed E-state index contributed by atoms with van der Waals surface area (Å²) < 4.78 is 7.51. The number of aromatic nitrogens is 2. The number of hydrogen-bond donors (Lipinski definition) is 2. The number of halogens is 1. The van der Waals surface area contributed by atoms with E-state index < -0.39 is 0 Å². The predicted molar refractivity (Wildman–Crippen MR) is 81.6 cm³/mol. The van der Waals surface area contributed by atoms with Gasteiger partial charge in [-0.05, 0) is 30.5 Å². The first-order valence-corrected chi connectivity index (χ1v) is 7.44. The smallest absolute Gasteiger partial charge is 0.134 e. The van der Waals surface area contributed by atoms with Crippen molar-refractivity contribution >= 4 is 17.3 Å². The normalized spacial score (nSPS) is 18.0. The zero-order valence-corrected chi connectivity index (χ0v) is 12.4. The van der Waals surface area contributed by atoms with Gasteiger partial charge in [-0.1, -0.05) is 17.7 Å². The fourth-order valence-electron chi connectivity index (χ4n) is 2.42. The minimum absolute atomic E-state index is 0.102. The van der Waals surface area contributed by atoms with Gasteiger partial charge in [-0.3, -0.25) is 4.68 Å². The number of benzene rings is 1. The van der Waals surface area contributed by atoms with Gasteiger partial charge in [0.15, 0.2) is 0 Å². The van der Waals surface area contributed by atoms with E-state index in [9.17, 15) is 5.11 Å². The molecule has 6 heteroatoms. The van der Waals surface area contributed by atoms with Crippen LogP contribution < -0.4 is 5.32 Å². The third kappa shape index (κ3) is 3.68. The van der Waals surface area contributed by atoms with Gasteiger partial charge in [-0.2, -0.15) is 5.10 Å². The van der Waals surface area contributed by atoms with Gasteiger partial charge in [0, 0.05) is 19.3 Å². The van der Waals surface area contributed by atoms with Crippen molar-refractivity contribution in [2.75, 3.05) is 11.9 Å². The molecule has 2 aromatic rings. The van der Waals surface area contributed by atoms with Gasteiger partial charge in [0.2, 0.25) is 0 Å². The van der Waals surface area contributed by atoms with Gasteiger partial charge in [0.25, 0.3) is 0 Å². The second-order valence-electron chi connectivity index (χ2n) is 5.23. The lowest BCUT2D eigenvalue weighted by atomic mass is 10.2. The summed E-state index contributed by atoms with van der Waals surface area (Å²) in [5.41, 5.74) is 1.96. The Morgan fingerprint density at radius 3 is 3.14 bits per heavy atom. The first-order valence-electron chi connectivity index (χ1n) is 7.06. The number of nitrogens with one attached hydrogen (secondary N) is 1. The highest BCUT2D eigenvalue weighted by Crippen LogP contribution is 2.24. The van der Waals surface area contributed by atoms with E-state index in [0.29, 0.717) is 11.6 Å². The van der Waals surface area contributed by atoms with Crippen LogP contribution in [0.15, 0.2) is 30.6 Å². The van der Waals surface area contributed by atoms with Gasteiger partial charge in [0.1, 0.15) is 5.75 Å². The van der Waals surface area contributed by atoms with E-state index >= 15 is 0 Å². The Hall–Kier alpha value is -1.72. The topological polar surface area (TPSA) is 59.3 Å². The maximum Gasteiger partial charge on any atom is 0.134 e. The summed E-state index contributed by atoms with van der Waals surface area (Å²) in [5, 5.41) is 17.4. The minimum Gasteiger partial charge on any atom is -0.506 e. The van der Waals surface area contributed by atoms with E-state index in [-0.39, 0.29) is 11.9 Å². The maximum absolute atomic E-state index is 9.39. The standard InChI is InChI=1S/C15H18ClN3O2/c16-14-6-11(3-4-15(14)20)7-17-12-8-18-19(9-12)10-13-2-1-5-21-13/h3-4,6,8-9,13,17,20H,1-2,5,7,10H2. The molecule has 21 heavy (non-hydrogen) atoms. The van der Waals surface area contributed by atoms with Crippen molar-refractivity contribution in [3.05, 3.63) is 41.2 Å². The molecular formula is C15H18ClN3O2. The van der Waals surface area contributed by atoms with Crippen molar-refractivity contribution < 1.29 is 9.84 Å². The second-order valence-corrected chi connectivity index (χ2v) is 5.63. The minimum atomic E-state index is 0.102. The quantitative estimate of drug-likeness (QED) is 0.891. The molecule has 1 aromatic carbocycles. The van der Waals surface area contributed by atoms with Gasteiger partial charge >= 0.3 is 0 Å². The largest absolute Gasteiger partial charge is 0.506 e. The molecule has 112 valence electrons. The Balaban J connectivity index is 1.55. The highest BCUT2D eigenvalue weighted by atomic mass is 35.5. The lowest BCUT2D eigenvalue weighted by Crippen LogP contribution is -2.15. The zero-order chi connectivity index (χ0) is 14.7. The number of hydrogen-bond acceptors (Lipinski definition) is 4. The predicted octanol–water partition coefficient (Wildman–Crippen LogP) is 3.03. The maximum atomic E-state index is 9.39. The Kier molecular flexibility index (Phi) is 4.31. The van der Waals surface area contributed by atoms with Crippen LogP contribution in [-0.2, 0) is 17.8 Å². The Labute approximate surface area is 128 Å². The molecule has 3 rings (SSSR count). The zero-order valence-electron chi connectivity index (χ0n) is 11.6. The summed E-state index contributed by atoms with van der Waals surface area (Å²) >= 11 is 5.89. The Morgan fingerprint density at radius 2 is 2.38 bits per heavy atom. The van der Waals surface area contributed by atoms with Crippen molar-refractivity contribution in [1.29, 1.82) is 0 Å². The van der Waals surface area contributed by atoms with Crippen LogP contribution in [0.1, 0.15) is 18.4 Å². The monoisotopic (exact) mass is 307 g/mol. The molecule has 1 unspecified atom stereocenters. The molecule has 0 aliphatic carbocycles. The lowest BCUT2D eigenvalue weighted by molar-refractivity contribution is 0.0940. The average Bonchev–Trinajstić information content (AvgIpc) is 3.13. The molecule has 0 amide bonds. The van der Waals surface area contributed by atoms with Crippen LogP contribution in [0.4, 0.5) is 5.69 Å². The van der Waals surface area contributed by atoms with Gasteiger partial charge in [-0.15, -0.1) is 0 Å². The van der Waals surface area contributed by atoms with Crippen LogP contribution in [0.2, 0.25) is 5.02 Å². The second kappa shape index (κ2) is 6.37. The van der Waals surface area contributed by atoms with Gasteiger partial charge < -0.3 is 15.2 Å². The van der Waals surface area contributed by atoms with E-state index in [1.54, 1.807) is 18.3 Å². The first kappa shape index (κ1) is 14.2. The Bertz CT molecular complexity index is 609. The molecule has 1 aliphatic heterocycles. The summed E-state index contributed by atoms with van der Waals surface area (Å²) in [7, 11) is 0. The molecule has 5 nitrogen and oxygen atoms in total. The number of nitrogens with zero attached hydrogens (tertiary/aromatic N) is 2. The van der Waals surface area contributed by atoms with Gasteiger partial charge in [0.05, 0.1) is 29.6 Å². The highest BCUT2D eigenvalue weighted by Gasteiger charge is 2.16. The number of anilines is 1. The molecule has 1 aliphatic rings. The van der Waals surface area contributed by atoms with Crippen molar-refractivity contribution in [1.82, 2.24) is 9.78 Å². The van der Waals surface area contributed by atoms with E-state index in [1.165, 1.54) is 0 Å². The molecule has 0 spiro atoms. The molecule has 0 saturated carbocycles. The number of ether oxygens (including phenoxy) is 1. The summed E-state index contributed by atoms with van der Waals surface area (Å²) in [4.78, 5) is 0. The fourth-order valence-corrected chi connectivity index (χ4v) is 2.62. The Morgan fingerprint density at radius 1 is 1.48 bits per heavy atom. The molecule has 2 N–H and O–H groups in total. The molecule has 1 saturated heterocycles. The van der Waals surface area contributed by atoms with Crippen LogP contribution in [0.3, 0.4) is 0 Å². The van der Waals surface area contributed by atoms with Crippen LogP contribution in [0, 0.1) is 0 Å². The summed E-state index contributed by atoms with van der Waals surface area (Å²) in [6.07, 6.45) is 6.31. The average molecular weight is 308 g/mol. The SMILES string of the molecule is Oc1ccc(CNc2cnn(CC3CCCO3)c2)cc1Cl. The highest BCUT2D eigenvalue weighted by molar-refractivity contribution is 6.32. The molecule has 1 atom stereocenters. The molecular weight excluding hydrogens is 290 g/mol. The third-order valence-electron chi connectivity index (χ3n) is 3.56. The molecule has 1 aromatic heterocycles. The van der Waals surface area contributed by atoms with Crippen LogP contribution in [0.25, 0.3) is 0 Å². The fraction of sp³-hybridized carbons (Fsp3) is 0.400. The van der Waals surface area contributed by atoms with Crippen molar-refractivity contribution in [2.24, 2.45) is 0 Å². The summed E-state index contributed by atoms with van der Waals surface area (Å²) in [6.45, 7) is 2.29. The van der Waals surface area contributed by atoms with E-state index in [0.717, 1.165) is 37.2 Å². The van der Waals surface area contributed by atoms with E-state index in [2.05, 4.69) is 10.4 Å². The van der Waals surface area contributed by atoms with Crippen LogP contribution in [-0.4, -0.2) is 27.6 Å². The molecule has 1 fully saturated rings. The summed E-state index contributed by atoms with van der Waals surface area (Å²) in [5.74, 6) is 0.102. The van der Waals surface area contributed by atoms with E-state index in [1.807, 2.05) is 16.9 Å². The number of phenols is 1. The van der Waals surface area contributed by atoms with Crippen LogP contribution >= 0.6 is 11.6 Å². The van der Waals surface area contributed by atoms with E-state index in [4.69, 9.17) is 16.3 Å². The third-order valence-corrected chi connectivity index (χ3v) is 3.86. The van der Waals surface area contributed by atoms with Crippen molar-refractivity contribution in [2.45, 2.75) is 32.0 Å². The van der Waals surface area contributed by atoms with Crippen LogP contribution in [0.5, 0.6) is 5.75 Å². The van der Waals surface area contributed by atoms with Gasteiger partial charge in [-0.25, -0.2) is 0 Å². The summed E-state index contributed by atoms with van der Waals surface area (Å²) in [6, 6.07) is 5.19. The number of aromatic hydroxyl groups is 1. The van der Waals surface area contributed by atoms with Crippen molar-refractivity contribution in [3.63, 3.8) is 0 Å².